The number of fused-ring (bicyclic) bond motifs is 3. The fourth-order valence-corrected chi connectivity index (χ4v) is 12.9. The summed E-state index contributed by atoms with van der Waals surface area (Å²) in [4.78, 5) is 59.9. The van der Waals surface area contributed by atoms with Crippen LogP contribution < -0.4 is 15.6 Å². The van der Waals surface area contributed by atoms with Crippen molar-refractivity contribution in [1.29, 1.82) is 0 Å². The van der Waals surface area contributed by atoms with Gasteiger partial charge in [-0.05, 0) is 108 Å². The molecule has 3 aromatic heterocycles. The Kier molecular flexibility index (Phi) is 17.0. The number of pyridine rings is 1. The number of nitrogens with one attached hydrogen (secondary N) is 2. The van der Waals surface area contributed by atoms with Gasteiger partial charge in [-0.2, -0.15) is 0 Å². The summed E-state index contributed by atoms with van der Waals surface area (Å²) in [6.07, 6.45) is 7.20. The van der Waals surface area contributed by atoms with Gasteiger partial charge >= 0.3 is 12.1 Å². The number of aliphatic hydroxyl groups excluding tert-OH is 1. The number of methoxy groups -OCH3 is 2. The van der Waals surface area contributed by atoms with Crippen LogP contribution in [0.3, 0.4) is 0 Å². The summed E-state index contributed by atoms with van der Waals surface area (Å²) in [6, 6.07) is 6.80. The first kappa shape index (κ1) is 55.5. The number of hydrazine groups is 1. The molecule has 2 bridgehead atoms. The van der Waals surface area contributed by atoms with Crippen molar-refractivity contribution in [2.75, 3.05) is 98.0 Å². The second-order valence-electron chi connectivity index (χ2n) is 23.7. The van der Waals surface area contributed by atoms with Gasteiger partial charge in [-0.1, -0.05) is 19.9 Å². The second-order valence-corrected chi connectivity index (χ2v) is 24.6. The molecule has 1 aromatic carbocycles. The van der Waals surface area contributed by atoms with Crippen LogP contribution in [-0.2, 0) is 51.0 Å². The number of carbonyl (C=O) groups excluding carboxylic acids is 3. The molecule has 7 aliphatic rings. The lowest BCUT2D eigenvalue weighted by Crippen LogP contribution is -2.72. The van der Waals surface area contributed by atoms with Gasteiger partial charge in [0, 0.05) is 112 Å². The predicted molar refractivity (Wildman–Crippen MR) is 293 cm³/mol. The summed E-state index contributed by atoms with van der Waals surface area (Å²) in [5.41, 5.74) is 9.47. The van der Waals surface area contributed by atoms with Crippen molar-refractivity contribution >= 4 is 45.9 Å². The number of aromatic nitrogens is 3. The number of hydrogen-bond acceptors (Lipinski definition) is 17. The van der Waals surface area contributed by atoms with Crippen LogP contribution >= 0.6 is 11.3 Å². The first-order valence-electron chi connectivity index (χ1n) is 27.9. The van der Waals surface area contributed by atoms with E-state index in [-0.39, 0.29) is 30.8 Å². The Morgan fingerprint density at radius 2 is 1.66 bits per heavy atom. The number of ether oxygens (including phenoxy) is 6. The Labute approximate surface area is 457 Å². The normalized spacial score (nSPS) is 23.1. The van der Waals surface area contributed by atoms with E-state index in [1.54, 1.807) is 27.9 Å². The minimum absolute atomic E-state index is 0.0240. The zero-order valence-corrected chi connectivity index (χ0v) is 47.2. The maximum atomic E-state index is 15.2. The van der Waals surface area contributed by atoms with Gasteiger partial charge in [0.15, 0.2) is 0 Å². The smallest absolute Gasteiger partial charge is 0.408 e. The number of alkyl carbamates (subject to hydrolysis) is 1. The van der Waals surface area contributed by atoms with Crippen LogP contribution in [0.5, 0.6) is 0 Å². The first-order valence-corrected chi connectivity index (χ1v) is 28.8. The minimum Gasteiger partial charge on any atom is -0.468 e. The number of esters is 1. The van der Waals surface area contributed by atoms with Crippen molar-refractivity contribution in [3.63, 3.8) is 0 Å². The van der Waals surface area contributed by atoms with Crippen molar-refractivity contribution in [1.82, 2.24) is 40.1 Å². The number of nitrogens with zero attached hydrogens (tertiary/aromatic N) is 7. The lowest BCUT2D eigenvalue weighted by molar-refractivity contribution is -0.168. The van der Waals surface area contributed by atoms with E-state index in [0.717, 1.165) is 89.7 Å². The number of aliphatic hydroxyl groups is 1. The van der Waals surface area contributed by atoms with E-state index >= 15 is 4.79 Å². The Morgan fingerprint density at radius 1 is 0.935 bits per heavy atom. The summed E-state index contributed by atoms with van der Waals surface area (Å²) in [5.74, 6) is -0.780. The Bertz CT molecular complexity index is 2710. The minimum atomic E-state index is -1.16. The largest absolute Gasteiger partial charge is 0.468 e. The first-order chi connectivity index (χ1) is 37.0. The zero-order chi connectivity index (χ0) is 54.2. The number of anilines is 1. The standard InChI is InChI=1S/C57H81N9O10S/c1-35(71-7)47-43(30-40(32-58-47)63-17-15-62(16-18-63)38-10-11-38)50-44(31-57(5,6)34-67)42-29-36(9-12-46(42)65(50)21-26-75-41-13-22-73-23-14-41)45-33-77-52(59-45)51(64-19-24-74-25-20-64)49(60-55(70)76-56(2,3)4)53(68)66-39-27-37(28-39)48(61-66)54(69)72-8/h9,12,29-30,32-33,35,37-39,41,48-49,51,61,67H,10-11,13-28,31,34H2,1-8H3,(H,60,70)/t35-,37?,39?,48-,49-,51?/m0/s1. The molecular formula is C57H81N9O10S. The molecule has 19 nitrogen and oxygen atoms in total. The van der Waals surface area contributed by atoms with Gasteiger partial charge in [0.05, 0.1) is 74.1 Å². The van der Waals surface area contributed by atoms with E-state index in [0.29, 0.717) is 82.6 Å². The van der Waals surface area contributed by atoms with E-state index in [2.05, 4.69) is 68.1 Å². The summed E-state index contributed by atoms with van der Waals surface area (Å²) in [5, 5.41) is 19.2. The topological polar surface area (TPSA) is 195 Å². The average molecular weight is 1080 g/mol. The van der Waals surface area contributed by atoms with E-state index in [9.17, 15) is 14.7 Å². The van der Waals surface area contributed by atoms with E-state index in [4.69, 9.17) is 38.4 Å². The van der Waals surface area contributed by atoms with E-state index in [1.807, 2.05) is 18.5 Å². The highest BCUT2D eigenvalue weighted by Crippen LogP contribution is 2.45. The highest BCUT2D eigenvalue weighted by Gasteiger charge is 2.53. The quantitative estimate of drug-likeness (QED) is 0.0860. The number of piperazine rings is 1. The molecular weight excluding hydrogens is 1000 g/mol. The molecule has 3 N–H and O–H groups in total. The maximum Gasteiger partial charge on any atom is 0.408 e. The fourth-order valence-electron chi connectivity index (χ4n) is 11.9. The molecule has 5 aliphatic heterocycles. The fraction of sp³-hybridized carbons (Fsp3) is 0.667. The molecule has 0 spiro atoms. The van der Waals surface area contributed by atoms with Crippen LogP contribution in [0.15, 0.2) is 35.8 Å². The SMILES string of the molecule is COC(=O)[C@H]1NN(C(=O)[C@@H](NC(=O)OC(C)(C)C)C(c2nc(-c3ccc4c(c3)c(CC(C)(C)CO)c(-c3cc(N5CCN(C6CC6)CC5)cnc3[C@H](C)OC)n4CCOC3CCOCC3)cs2)N2CCOCC2)C2CC1C2. The van der Waals surface area contributed by atoms with Crippen molar-refractivity contribution in [3.8, 4) is 22.5 Å². The third kappa shape index (κ3) is 12.4. The molecule has 2 saturated carbocycles. The molecule has 20 heteroatoms. The molecule has 4 atom stereocenters. The predicted octanol–water partition coefficient (Wildman–Crippen LogP) is 6.51. The molecule has 0 radical (unpaired) electrons. The van der Waals surface area contributed by atoms with Crippen molar-refractivity contribution in [2.45, 2.75) is 141 Å². The highest BCUT2D eigenvalue weighted by atomic mass is 32.1. The van der Waals surface area contributed by atoms with Crippen LogP contribution in [0.4, 0.5) is 10.5 Å². The van der Waals surface area contributed by atoms with Crippen LogP contribution in [-0.4, -0.2) is 181 Å². The van der Waals surface area contributed by atoms with Gasteiger partial charge in [-0.25, -0.2) is 15.2 Å². The molecule has 7 fully saturated rings. The summed E-state index contributed by atoms with van der Waals surface area (Å²) in [7, 11) is 3.08. The molecule has 5 saturated heterocycles. The summed E-state index contributed by atoms with van der Waals surface area (Å²) < 4.78 is 37.6. The number of amides is 2. The molecule has 77 heavy (non-hydrogen) atoms. The van der Waals surface area contributed by atoms with Crippen LogP contribution in [0.25, 0.3) is 33.4 Å². The zero-order valence-electron chi connectivity index (χ0n) is 46.4. The molecule has 8 heterocycles. The van der Waals surface area contributed by atoms with Gasteiger partial charge in [0.1, 0.15) is 22.7 Å². The number of benzene rings is 1. The average Bonchev–Trinajstić information content (AvgIpc) is 4.13. The molecule has 11 rings (SSSR count). The third-order valence-electron chi connectivity index (χ3n) is 16.4. The highest BCUT2D eigenvalue weighted by molar-refractivity contribution is 7.10. The number of morpholine rings is 1. The van der Waals surface area contributed by atoms with E-state index < -0.39 is 47.1 Å². The van der Waals surface area contributed by atoms with E-state index in [1.165, 1.54) is 36.3 Å². The molecule has 2 aliphatic carbocycles. The molecule has 420 valence electrons. The number of carbonyl (C=O) groups is 3. The van der Waals surface area contributed by atoms with Gasteiger partial charge in [0.2, 0.25) is 0 Å². The van der Waals surface area contributed by atoms with Gasteiger partial charge in [0.25, 0.3) is 5.91 Å². The number of rotatable bonds is 19. The summed E-state index contributed by atoms with van der Waals surface area (Å²) >= 11 is 1.43. The molecule has 4 aromatic rings. The Balaban J connectivity index is 1.07. The van der Waals surface area contributed by atoms with Crippen LogP contribution in [0.1, 0.15) is 108 Å². The van der Waals surface area contributed by atoms with Gasteiger partial charge in [-0.15, -0.1) is 11.3 Å². The Morgan fingerprint density at radius 3 is 2.34 bits per heavy atom. The lowest BCUT2D eigenvalue weighted by atomic mass is 9.73. The molecule has 2 amide bonds. The maximum absolute atomic E-state index is 15.2. The van der Waals surface area contributed by atoms with Crippen molar-refractivity contribution in [2.24, 2.45) is 11.3 Å². The second kappa shape index (κ2) is 23.5. The number of thiazole rings is 1. The van der Waals surface area contributed by atoms with Crippen molar-refractivity contribution < 1.29 is 47.9 Å². The molecule has 1 unspecified atom stereocenters. The third-order valence-corrected chi connectivity index (χ3v) is 17.4. The van der Waals surface area contributed by atoms with Crippen LogP contribution in [0.2, 0.25) is 0 Å². The van der Waals surface area contributed by atoms with Crippen LogP contribution in [0, 0.1) is 11.3 Å². The Hall–Kier alpha value is -4.77. The van der Waals surface area contributed by atoms with Gasteiger partial charge in [-0.3, -0.25) is 29.4 Å². The lowest BCUT2D eigenvalue weighted by Gasteiger charge is -2.53. The monoisotopic (exact) mass is 1080 g/mol. The van der Waals surface area contributed by atoms with Crippen molar-refractivity contribution in [3.05, 3.63) is 52.1 Å². The van der Waals surface area contributed by atoms with Gasteiger partial charge < -0.3 is 48.3 Å². The summed E-state index contributed by atoms with van der Waals surface area (Å²) in [6.45, 7) is 19.8. The number of hydrogen-bond donors (Lipinski definition) is 3.